The van der Waals surface area contributed by atoms with Crippen molar-refractivity contribution in [2.24, 2.45) is 0 Å². The van der Waals surface area contributed by atoms with Gasteiger partial charge in [-0.25, -0.2) is 4.79 Å². The SMILES string of the molecule is COC(=O)c1c(C)[nH]c(C(=O)[C@H](C)N(C)CC(=O)Nc2cccc(C)c2C)c1C. The lowest BCUT2D eigenvalue weighted by Gasteiger charge is -2.23. The molecule has 0 aliphatic carbocycles. The highest BCUT2D eigenvalue weighted by Crippen LogP contribution is 2.21. The molecule has 0 saturated heterocycles. The van der Waals surface area contributed by atoms with Crippen molar-refractivity contribution in [3.05, 3.63) is 51.8 Å². The smallest absolute Gasteiger partial charge is 0.339 e. The van der Waals surface area contributed by atoms with Crippen LogP contribution in [0.3, 0.4) is 0 Å². The number of rotatable bonds is 7. The van der Waals surface area contributed by atoms with Crippen LogP contribution in [0.4, 0.5) is 5.69 Å². The van der Waals surface area contributed by atoms with Crippen molar-refractivity contribution in [1.29, 1.82) is 0 Å². The van der Waals surface area contributed by atoms with Crippen LogP contribution in [0, 0.1) is 27.7 Å². The second-order valence-corrected chi connectivity index (χ2v) is 7.37. The molecule has 2 rings (SSSR count). The molecule has 2 N–H and O–H groups in total. The number of carbonyl (C=O) groups excluding carboxylic acids is 3. The van der Waals surface area contributed by atoms with Gasteiger partial charge in [0, 0.05) is 11.4 Å². The van der Waals surface area contributed by atoms with Crippen LogP contribution in [0.1, 0.15) is 50.2 Å². The van der Waals surface area contributed by atoms with E-state index in [4.69, 9.17) is 4.74 Å². The van der Waals surface area contributed by atoms with E-state index in [-0.39, 0.29) is 18.2 Å². The quantitative estimate of drug-likeness (QED) is 0.551. The third kappa shape index (κ3) is 4.74. The Morgan fingerprint density at radius 3 is 2.41 bits per heavy atom. The van der Waals surface area contributed by atoms with Crippen molar-refractivity contribution < 1.29 is 19.1 Å². The third-order valence-corrected chi connectivity index (χ3v) is 5.39. The number of aromatic nitrogens is 1. The molecular weight excluding hydrogens is 370 g/mol. The molecule has 0 aliphatic heterocycles. The van der Waals surface area contributed by atoms with Crippen LogP contribution in [0.15, 0.2) is 18.2 Å². The molecule has 0 unspecified atom stereocenters. The number of methoxy groups -OCH3 is 1. The van der Waals surface area contributed by atoms with Crippen LogP contribution in [0.2, 0.25) is 0 Å². The molecule has 0 spiro atoms. The summed E-state index contributed by atoms with van der Waals surface area (Å²) in [6, 6.07) is 5.18. The lowest BCUT2D eigenvalue weighted by molar-refractivity contribution is -0.117. The average molecular weight is 399 g/mol. The van der Waals surface area contributed by atoms with E-state index >= 15 is 0 Å². The maximum Gasteiger partial charge on any atom is 0.339 e. The van der Waals surface area contributed by atoms with Crippen molar-refractivity contribution in [3.63, 3.8) is 0 Å². The number of carbonyl (C=O) groups is 3. The minimum absolute atomic E-state index is 0.0584. The van der Waals surface area contributed by atoms with Gasteiger partial charge in [-0.2, -0.15) is 0 Å². The molecule has 1 heterocycles. The first kappa shape index (κ1) is 22.4. The molecule has 7 nitrogen and oxygen atoms in total. The normalized spacial score (nSPS) is 12.0. The minimum atomic E-state index is -0.554. The molecule has 0 fully saturated rings. The van der Waals surface area contributed by atoms with Gasteiger partial charge >= 0.3 is 5.97 Å². The maximum atomic E-state index is 13.0. The Morgan fingerprint density at radius 2 is 1.79 bits per heavy atom. The standard InChI is InChI=1S/C22H29N3O4/c1-12-9-8-10-17(13(12)2)24-18(26)11-25(6)16(5)21(27)20-14(3)19(15(4)23-20)22(28)29-7/h8-10,16,23H,11H2,1-7H3,(H,24,26)/t16-/m0/s1. The molecule has 7 heteroatoms. The fourth-order valence-corrected chi connectivity index (χ4v) is 3.25. The van der Waals surface area contributed by atoms with E-state index < -0.39 is 12.0 Å². The molecule has 1 amide bonds. The number of nitrogens with zero attached hydrogens (tertiary/aromatic N) is 1. The summed E-state index contributed by atoms with van der Waals surface area (Å²) in [6.07, 6.45) is 0. The van der Waals surface area contributed by atoms with E-state index in [0.29, 0.717) is 22.5 Å². The summed E-state index contributed by atoms with van der Waals surface area (Å²) < 4.78 is 4.79. The Balaban J connectivity index is 2.11. The summed E-state index contributed by atoms with van der Waals surface area (Å²) in [6.45, 7) is 9.17. The number of ketones is 1. The monoisotopic (exact) mass is 399 g/mol. The molecular formula is C22H29N3O4. The van der Waals surface area contributed by atoms with E-state index in [1.54, 1.807) is 32.7 Å². The van der Waals surface area contributed by atoms with Crippen molar-refractivity contribution >= 4 is 23.3 Å². The average Bonchev–Trinajstić information content (AvgIpc) is 2.97. The van der Waals surface area contributed by atoms with E-state index in [2.05, 4.69) is 10.3 Å². The Labute approximate surface area is 171 Å². The number of nitrogens with one attached hydrogen (secondary N) is 2. The first-order valence-electron chi connectivity index (χ1n) is 9.46. The zero-order chi connectivity index (χ0) is 21.9. The van der Waals surface area contributed by atoms with Crippen molar-refractivity contribution in [2.45, 2.75) is 40.7 Å². The third-order valence-electron chi connectivity index (χ3n) is 5.39. The number of esters is 1. The number of anilines is 1. The molecule has 156 valence electrons. The number of amides is 1. The number of likely N-dealkylation sites (N-methyl/N-ethyl adjacent to an activating group) is 1. The zero-order valence-electron chi connectivity index (χ0n) is 18.1. The molecule has 0 bridgehead atoms. The van der Waals surface area contributed by atoms with Gasteiger partial charge in [-0.15, -0.1) is 0 Å². The van der Waals surface area contributed by atoms with Crippen LogP contribution in [-0.2, 0) is 9.53 Å². The minimum Gasteiger partial charge on any atom is -0.465 e. The van der Waals surface area contributed by atoms with Gasteiger partial charge in [0.2, 0.25) is 5.91 Å². The van der Waals surface area contributed by atoms with Gasteiger partial charge in [0.1, 0.15) is 0 Å². The molecule has 29 heavy (non-hydrogen) atoms. The van der Waals surface area contributed by atoms with Crippen LogP contribution in [-0.4, -0.2) is 54.3 Å². The second-order valence-electron chi connectivity index (χ2n) is 7.37. The number of aromatic amines is 1. The lowest BCUT2D eigenvalue weighted by atomic mass is 10.0. The molecule has 1 aromatic carbocycles. The lowest BCUT2D eigenvalue weighted by Crippen LogP contribution is -2.41. The highest BCUT2D eigenvalue weighted by atomic mass is 16.5. The fraction of sp³-hybridized carbons (Fsp3) is 0.409. The molecule has 1 aromatic heterocycles. The highest BCUT2D eigenvalue weighted by molar-refractivity contribution is 6.04. The number of hydrogen-bond donors (Lipinski definition) is 2. The number of benzene rings is 1. The number of ether oxygens (including phenoxy) is 1. The van der Waals surface area contributed by atoms with Crippen LogP contribution < -0.4 is 5.32 Å². The molecule has 0 aliphatic rings. The van der Waals surface area contributed by atoms with E-state index in [1.807, 2.05) is 32.0 Å². The van der Waals surface area contributed by atoms with E-state index in [9.17, 15) is 14.4 Å². The summed E-state index contributed by atoms with van der Waals surface area (Å²) in [4.78, 5) is 42.1. The van der Waals surface area contributed by atoms with Gasteiger partial charge in [0.15, 0.2) is 5.78 Å². The number of aryl methyl sites for hydroxylation is 2. The Hall–Kier alpha value is -2.93. The maximum absolute atomic E-state index is 13.0. The summed E-state index contributed by atoms with van der Waals surface area (Å²) in [5.41, 5.74) is 4.75. The molecule has 2 aromatic rings. The second kappa shape index (κ2) is 9.05. The van der Waals surface area contributed by atoms with Gasteiger partial charge in [-0.3, -0.25) is 14.5 Å². The van der Waals surface area contributed by atoms with Gasteiger partial charge < -0.3 is 15.0 Å². The number of Topliss-reactive ketones (excluding diaryl/α,β-unsaturated/α-hetero) is 1. The van der Waals surface area contributed by atoms with Crippen molar-refractivity contribution in [1.82, 2.24) is 9.88 Å². The number of H-pyrrole nitrogens is 1. The Kier molecular flexibility index (Phi) is 6.97. The van der Waals surface area contributed by atoms with Gasteiger partial charge in [-0.1, -0.05) is 12.1 Å². The fourth-order valence-electron chi connectivity index (χ4n) is 3.25. The summed E-state index contributed by atoms with van der Waals surface area (Å²) in [7, 11) is 3.03. The summed E-state index contributed by atoms with van der Waals surface area (Å²) in [5, 5.41) is 2.90. The predicted octanol–water partition coefficient (Wildman–Crippen LogP) is 3.18. The van der Waals surface area contributed by atoms with Crippen LogP contribution in [0.25, 0.3) is 0 Å². The first-order valence-corrected chi connectivity index (χ1v) is 9.46. The summed E-state index contributed by atoms with van der Waals surface area (Å²) >= 11 is 0. The predicted molar refractivity (Wildman–Crippen MR) is 113 cm³/mol. The van der Waals surface area contributed by atoms with Gasteiger partial charge in [0.25, 0.3) is 0 Å². The van der Waals surface area contributed by atoms with E-state index in [1.165, 1.54) is 7.11 Å². The van der Waals surface area contributed by atoms with Crippen molar-refractivity contribution in [3.8, 4) is 0 Å². The van der Waals surface area contributed by atoms with Crippen LogP contribution in [0.5, 0.6) is 0 Å². The first-order chi connectivity index (χ1) is 13.6. The molecule has 1 atom stereocenters. The summed E-state index contributed by atoms with van der Waals surface area (Å²) in [5.74, 6) is -0.873. The zero-order valence-corrected chi connectivity index (χ0v) is 18.1. The molecule has 0 radical (unpaired) electrons. The van der Waals surface area contributed by atoms with Gasteiger partial charge in [0.05, 0.1) is 31.0 Å². The largest absolute Gasteiger partial charge is 0.465 e. The molecule has 0 saturated carbocycles. The van der Waals surface area contributed by atoms with Crippen LogP contribution >= 0.6 is 0 Å². The van der Waals surface area contributed by atoms with Gasteiger partial charge in [-0.05, 0) is 64.4 Å². The Morgan fingerprint density at radius 1 is 1.14 bits per heavy atom. The van der Waals surface area contributed by atoms with E-state index in [0.717, 1.165) is 16.8 Å². The topological polar surface area (TPSA) is 91.5 Å². The highest BCUT2D eigenvalue weighted by Gasteiger charge is 2.28. The Bertz CT molecular complexity index is 946. The number of hydrogen-bond acceptors (Lipinski definition) is 5. The van der Waals surface area contributed by atoms with Crippen molar-refractivity contribution in [2.75, 3.05) is 26.0 Å².